The average molecular weight is 477 g/mol. The van der Waals surface area contributed by atoms with Gasteiger partial charge in [-0.05, 0) is 46.7 Å². The Balaban J connectivity index is 1.48. The SMILES string of the molecule is COc1cc(-c2cn(C)c(=O)c3[nH]ncc23)cc(Cl)c1CN1CCc2c(cccc2C(C)C)C1. The van der Waals surface area contributed by atoms with E-state index in [1.54, 1.807) is 24.9 Å². The number of rotatable bonds is 5. The van der Waals surface area contributed by atoms with Crippen molar-refractivity contribution in [2.24, 2.45) is 7.05 Å². The number of nitrogens with zero attached hydrogens (tertiary/aromatic N) is 3. The molecule has 0 spiro atoms. The van der Waals surface area contributed by atoms with Crippen LogP contribution in [0.15, 0.2) is 47.5 Å². The molecule has 0 aliphatic carbocycles. The monoisotopic (exact) mass is 476 g/mol. The van der Waals surface area contributed by atoms with Gasteiger partial charge in [-0.15, -0.1) is 0 Å². The lowest BCUT2D eigenvalue weighted by molar-refractivity contribution is 0.241. The molecule has 0 radical (unpaired) electrons. The van der Waals surface area contributed by atoms with E-state index >= 15 is 0 Å². The van der Waals surface area contributed by atoms with Gasteiger partial charge < -0.3 is 9.30 Å². The summed E-state index contributed by atoms with van der Waals surface area (Å²) in [6, 6.07) is 10.6. The van der Waals surface area contributed by atoms with Gasteiger partial charge in [0.2, 0.25) is 0 Å². The number of H-pyrrole nitrogens is 1. The lowest BCUT2D eigenvalue weighted by atomic mass is 9.89. The predicted octanol–water partition coefficient (Wildman–Crippen LogP) is 5.27. The number of hydrogen-bond donors (Lipinski definition) is 1. The van der Waals surface area contributed by atoms with Gasteiger partial charge in [-0.1, -0.05) is 43.6 Å². The van der Waals surface area contributed by atoms with Gasteiger partial charge in [0.25, 0.3) is 5.56 Å². The van der Waals surface area contributed by atoms with Crippen LogP contribution >= 0.6 is 11.6 Å². The van der Waals surface area contributed by atoms with Crippen molar-refractivity contribution in [1.82, 2.24) is 19.7 Å². The Morgan fingerprint density at radius 2 is 2.09 bits per heavy atom. The standard InChI is InChI=1S/C27H29ClN4O2/c1-16(2)19-7-5-6-17-13-32(9-8-20(17)19)15-23-24(28)10-18(11-25(23)34-4)22-14-31(3)27(33)26-21(22)12-29-30-26/h5-7,10-12,14,16H,8-9,13,15H2,1-4H3,(H,29,30). The third-order valence-corrected chi connectivity index (χ3v) is 7.19. The number of ether oxygens (including phenoxy) is 1. The molecule has 0 saturated heterocycles. The molecule has 0 unspecified atom stereocenters. The lowest BCUT2D eigenvalue weighted by Gasteiger charge is -2.31. The minimum atomic E-state index is -0.114. The molecular weight excluding hydrogens is 448 g/mol. The van der Waals surface area contributed by atoms with E-state index in [4.69, 9.17) is 16.3 Å². The Hall–Kier alpha value is -3.09. The zero-order chi connectivity index (χ0) is 24.0. The fourth-order valence-corrected chi connectivity index (χ4v) is 5.35. The summed E-state index contributed by atoms with van der Waals surface area (Å²) in [5, 5.41) is 8.31. The van der Waals surface area contributed by atoms with Crippen LogP contribution in [0, 0.1) is 0 Å². The molecule has 5 rings (SSSR count). The number of methoxy groups -OCH3 is 1. The van der Waals surface area contributed by atoms with E-state index < -0.39 is 0 Å². The molecule has 4 aromatic rings. The van der Waals surface area contributed by atoms with E-state index in [9.17, 15) is 4.79 Å². The quantitative estimate of drug-likeness (QED) is 0.426. The normalized spacial score (nSPS) is 14.1. The van der Waals surface area contributed by atoms with E-state index in [1.165, 1.54) is 16.7 Å². The molecule has 0 saturated carbocycles. The lowest BCUT2D eigenvalue weighted by Crippen LogP contribution is -2.31. The first-order valence-electron chi connectivity index (χ1n) is 11.6. The smallest absolute Gasteiger partial charge is 0.276 e. The number of benzene rings is 2. The third-order valence-electron chi connectivity index (χ3n) is 6.86. The van der Waals surface area contributed by atoms with Crippen molar-refractivity contribution in [2.75, 3.05) is 13.7 Å². The number of pyridine rings is 1. The number of halogens is 1. The summed E-state index contributed by atoms with van der Waals surface area (Å²) >= 11 is 6.85. The molecule has 0 amide bonds. The molecule has 2 aromatic carbocycles. The minimum absolute atomic E-state index is 0.114. The number of fused-ring (bicyclic) bond motifs is 2. The molecular formula is C27H29ClN4O2. The second-order valence-electron chi connectivity index (χ2n) is 9.36. The maximum Gasteiger partial charge on any atom is 0.276 e. The first kappa shape index (κ1) is 22.7. The van der Waals surface area contributed by atoms with Crippen LogP contribution < -0.4 is 10.3 Å². The van der Waals surface area contributed by atoms with E-state index in [1.807, 2.05) is 18.3 Å². The van der Waals surface area contributed by atoms with Gasteiger partial charge in [0.1, 0.15) is 11.3 Å². The molecule has 34 heavy (non-hydrogen) atoms. The number of aryl methyl sites for hydroxylation is 1. The molecule has 0 fully saturated rings. The summed E-state index contributed by atoms with van der Waals surface area (Å²) in [5.74, 6) is 1.28. The van der Waals surface area contributed by atoms with Crippen molar-refractivity contribution < 1.29 is 4.74 Å². The van der Waals surface area contributed by atoms with Crippen LogP contribution in [0.3, 0.4) is 0 Å². The van der Waals surface area contributed by atoms with Crippen LogP contribution in [-0.4, -0.2) is 33.3 Å². The van der Waals surface area contributed by atoms with Gasteiger partial charge in [0, 0.05) is 54.4 Å². The predicted molar refractivity (Wildman–Crippen MR) is 137 cm³/mol. The molecule has 7 heteroatoms. The Morgan fingerprint density at radius 1 is 1.26 bits per heavy atom. The molecule has 2 aromatic heterocycles. The van der Waals surface area contributed by atoms with E-state index in [2.05, 4.69) is 47.1 Å². The highest BCUT2D eigenvalue weighted by Gasteiger charge is 2.23. The van der Waals surface area contributed by atoms with Crippen molar-refractivity contribution in [3.05, 3.63) is 80.4 Å². The van der Waals surface area contributed by atoms with E-state index in [-0.39, 0.29) is 5.56 Å². The molecule has 176 valence electrons. The average Bonchev–Trinajstić information content (AvgIpc) is 3.32. The molecule has 1 aliphatic rings. The first-order valence-corrected chi connectivity index (χ1v) is 12.0. The first-order chi connectivity index (χ1) is 16.4. The van der Waals surface area contributed by atoms with Crippen LogP contribution in [0.2, 0.25) is 5.02 Å². The van der Waals surface area contributed by atoms with Gasteiger partial charge in [0.05, 0.1) is 13.3 Å². The zero-order valence-electron chi connectivity index (χ0n) is 20.0. The van der Waals surface area contributed by atoms with Crippen LogP contribution in [-0.2, 0) is 26.6 Å². The molecule has 0 bridgehead atoms. The maximum absolute atomic E-state index is 12.4. The Kier molecular flexibility index (Phi) is 5.96. The molecule has 1 N–H and O–H groups in total. The van der Waals surface area contributed by atoms with Gasteiger partial charge in [0.15, 0.2) is 0 Å². The second kappa shape index (κ2) is 8.93. The Morgan fingerprint density at radius 3 is 2.85 bits per heavy atom. The van der Waals surface area contributed by atoms with Gasteiger partial charge in [-0.2, -0.15) is 5.10 Å². The molecule has 6 nitrogen and oxygen atoms in total. The number of hydrogen-bond acceptors (Lipinski definition) is 4. The van der Waals surface area contributed by atoms with Gasteiger partial charge >= 0.3 is 0 Å². The van der Waals surface area contributed by atoms with Gasteiger partial charge in [-0.25, -0.2) is 0 Å². The van der Waals surface area contributed by atoms with Crippen molar-refractivity contribution in [3.63, 3.8) is 0 Å². The van der Waals surface area contributed by atoms with Crippen molar-refractivity contribution in [3.8, 4) is 16.9 Å². The third kappa shape index (κ3) is 3.91. The van der Waals surface area contributed by atoms with Crippen molar-refractivity contribution >= 4 is 22.5 Å². The van der Waals surface area contributed by atoms with E-state index in [0.29, 0.717) is 23.0 Å². The van der Waals surface area contributed by atoms with Crippen LogP contribution in [0.25, 0.3) is 22.0 Å². The summed E-state index contributed by atoms with van der Waals surface area (Å²) in [6.45, 7) is 7.11. The largest absolute Gasteiger partial charge is 0.496 e. The Labute approximate surface area is 204 Å². The summed E-state index contributed by atoms with van der Waals surface area (Å²) in [7, 11) is 3.41. The fraction of sp³-hybridized carbons (Fsp3) is 0.333. The zero-order valence-corrected chi connectivity index (χ0v) is 20.7. The van der Waals surface area contributed by atoms with Crippen LogP contribution in [0.4, 0.5) is 0 Å². The van der Waals surface area contributed by atoms with Crippen molar-refractivity contribution in [1.29, 1.82) is 0 Å². The fourth-order valence-electron chi connectivity index (χ4n) is 5.08. The molecule has 3 heterocycles. The highest BCUT2D eigenvalue weighted by molar-refractivity contribution is 6.32. The summed E-state index contributed by atoms with van der Waals surface area (Å²) in [5.41, 5.74) is 7.47. The minimum Gasteiger partial charge on any atom is -0.496 e. The number of aromatic nitrogens is 3. The number of aromatic amines is 1. The van der Waals surface area contributed by atoms with Gasteiger partial charge in [-0.3, -0.25) is 14.8 Å². The highest BCUT2D eigenvalue weighted by atomic mass is 35.5. The second-order valence-corrected chi connectivity index (χ2v) is 9.76. The molecule has 1 aliphatic heterocycles. The Bertz CT molecular complexity index is 1440. The topological polar surface area (TPSA) is 63.1 Å². The van der Waals surface area contributed by atoms with Crippen molar-refractivity contribution in [2.45, 2.75) is 39.3 Å². The highest BCUT2D eigenvalue weighted by Crippen LogP contribution is 2.37. The van der Waals surface area contributed by atoms with Crippen LogP contribution in [0.1, 0.15) is 42.0 Å². The summed E-state index contributed by atoms with van der Waals surface area (Å²) in [6.07, 6.45) is 4.54. The van der Waals surface area contributed by atoms with E-state index in [0.717, 1.165) is 47.3 Å². The summed E-state index contributed by atoms with van der Waals surface area (Å²) < 4.78 is 7.35. The number of nitrogens with one attached hydrogen (secondary N) is 1. The summed E-state index contributed by atoms with van der Waals surface area (Å²) in [4.78, 5) is 14.8. The maximum atomic E-state index is 12.4. The molecule has 0 atom stereocenters. The van der Waals surface area contributed by atoms with Crippen LogP contribution in [0.5, 0.6) is 5.75 Å².